The predicted molar refractivity (Wildman–Crippen MR) is 142 cm³/mol. The molecule has 0 aromatic heterocycles. The maximum atomic E-state index is 13.2. The van der Waals surface area contributed by atoms with Crippen LogP contribution in [0.4, 0.5) is 30.2 Å². The molecule has 0 aliphatic carbocycles. The van der Waals surface area contributed by atoms with Crippen molar-refractivity contribution >= 4 is 52.4 Å². The van der Waals surface area contributed by atoms with Gasteiger partial charge >= 0.3 is 12.1 Å². The molecule has 3 aromatic carbocycles. The van der Waals surface area contributed by atoms with Crippen molar-refractivity contribution in [1.29, 1.82) is 0 Å². The Bertz CT molecular complexity index is 1520. The van der Waals surface area contributed by atoms with Crippen LogP contribution in [0.1, 0.15) is 39.6 Å². The number of carbonyl (C=O) groups excluding carboxylic acids is 4. The molecule has 206 valence electrons. The average Bonchev–Trinajstić information content (AvgIpc) is 3.14. The number of benzene rings is 3. The molecule has 0 unspecified atom stereocenters. The van der Waals surface area contributed by atoms with Gasteiger partial charge in [0.15, 0.2) is 0 Å². The number of hydrogen-bond donors (Lipinski definition) is 2. The van der Waals surface area contributed by atoms with Crippen LogP contribution in [-0.4, -0.2) is 30.3 Å². The van der Waals surface area contributed by atoms with Crippen molar-refractivity contribution in [3.05, 3.63) is 100 Å². The number of nitrogens with one attached hydrogen (secondary N) is 2. The average molecular weight is 572 g/mol. The first-order valence-corrected chi connectivity index (χ1v) is 12.3. The van der Waals surface area contributed by atoms with Gasteiger partial charge in [-0.05, 0) is 61.0 Å². The van der Waals surface area contributed by atoms with E-state index < -0.39 is 40.5 Å². The summed E-state index contributed by atoms with van der Waals surface area (Å²) >= 11 is 6.20. The van der Waals surface area contributed by atoms with E-state index in [9.17, 15) is 32.3 Å². The first-order chi connectivity index (χ1) is 19.0. The summed E-state index contributed by atoms with van der Waals surface area (Å²) in [6.07, 6.45) is -3.97. The Morgan fingerprint density at radius 2 is 1.62 bits per heavy atom. The van der Waals surface area contributed by atoms with Crippen LogP contribution in [0.2, 0.25) is 0 Å². The van der Waals surface area contributed by atoms with E-state index in [1.54, 1.807) is 12.1 Å². The van der Waals surface area contributed by atoms with Crippen LogP contribution in [0, 0.1) is 0 Å². The van der Waals surface area contributed by atoms with Crippen molar-refractivity contribution in [2.24, 2.45) is 0 Å². The Hall–Kier alpha value is -4.64. The van der Waals surface area contributed by atoms with Crippen LogP contribution in [-0.2, 0) is 20.5 Å². The standard InChI is InChI=1S/C28H21ClF3N3O5/c1-2-14-40-27(39)20-8-3-4-9-21(20)35-25(37)22(29)23(26(35)38)33-18-12-10-16(11-13-18)24(36)34-19-7-5-6-17(15-19)28(30,31)32/h3-13,15,33H,2,14H2,1H3,(H,34,36). The van der Waals surface area contributed by atoms with Gasteiger partial charge in [-0.2, -0.15) is 13.2 Å². The minimum Gasteiger partial charge on any atom is -0.462 e. The summed E-state index contributed by atoms with van der Waals surface area (Å²) in [5.74, 6) is -3.01. The topological polar surface area (TPSA) is 105 Å². The summed E-state index contributed by atoms with van der Waals surface area (Å²) in [6.45, 7) is 1.98. The molecular formula is C28H21ClF3N3O5. The number of rotatable bonds is 8. The Morgan fingerprint density at radius 1 is 0.925 bits per heavy atom. The zero-order valence-corrected chi connectivity index (χ0v) is 21.6. The lowest BCUT2D eigenvalue weighted by Crippen LogP contribution is -2.33. The number of amides is 3. The number of hydrogen-bond acceptors (Lipinski definition) is 6. The zero-order valence-electron chi connectivity index (χ0n) is 20.8. The van der Waals surface area contributed by atoms with E-state index in [4.69, 9.17) is 16.3 Å². The number of imide groups is 1. The number of anilines is 3. The fourth-order valence-corrected chi connectivity index (χ4v) is 3.98. The molecule has 0 saturated carbocycles. The van der Waals surface area contributed by atoms with Gasteiger partial charge in [0.2, 0.25) is 0 Å². The Balaban J connectivity index is 1.49. The molecule has 0 atom stereocenters. The smallest absolute Gasteiger partial charge is 0.416 e. The lowest BCUT2D eigenvalue weighted by Gasteiger charge is -2.18. The largest absolute Gasteiger partial charge is 0.462 e. The molecule has 2 N–H and O–H groups in total. The van der Waals surface area contributed by atoms with E-state index >= 15 is 0 Å². The van der Waals surface area contributed by atoms with Gasteiger partial charge in [-0.15, -0.1) is 0 Å². The molecule has 8 nitrogen and oxygen atoms in total. The molecule has 0 saturated heterocycles. The van der Waals surface area contributed by atoms with Crippen LogP contribution in [0.15, 0.2) is 83.5 Å². The van der Waals surface area contributed by atoms with Gasteiger partial charge in [-0.1, -0.05) is 36.7 Å². The lowest BCUT2D eigenvalue weighted by atomic mass is 10.1. The van der Waals surface area contributed by atoms with Crippen molar-refractivity contribution in [2.45, 2.75) is 19.5 Å². The van der Waals surface area contributed by atoms with Crippen molar-refractivity contribution in [1.82, 2.24) is 0 Å². The third-order valence-corrected chi connectivity index (χ3v) is 6.04. The number of halogens is 4. The van der Waals surface area contributed by atoms with Crippen molar-refractivity contribution in [3.63, 3.8) is 0 Å². The first-order valence-electron chi connectivity index (χ1n) is 11.9. The Labute approximate surface area is 231 Å². The highest BCUT2D eigenvalue weighted by Gasteiger charge is 2.40. The summed E-state index contributed by atoms with van der Waals surface area (Å²) in [5, 5.41) is 4.75. The van der Waals surface area contributed by atoms with Gasteiger partial charge < -0.3 is 15.4 Å². The summed E-state index contributed by atoms with van der Waals surface area (Å²) in [7, 11) is 0. The highest BCUT2D eigenvalue weighted by atomic mass is 35.5. The number of ether oxygens (including phenoxy) is 1. The van der Waals surface area contributed by atoms with Gasteiger partial charge in [0.05, 0.1) is 23.4 Å². The van der Waals surface area contributed by atoms with Gasteiger partial charge in [-0.3, -0.25) is 14.4 Å². The molecule has 0 fully saturated rings. The number of esters is 1. The van der Waals surface area contributed by atoms with E-state index in [1.165, 1.54) is 48.5 Å². The van der Waals surface area contributed by atoms with Gasteiger partial charge in [0.25, 0.3) is 17.7 Å². The van der Waals surface area contributed by atoms with Crippen LogP contribution in [0.25, 0.3) is 0 Å². The summed E-state index contributed by atoms with van der Waals surface area (Å²) in [4.78, 5) is 51.9. The van der Waals surface area contributed by atoms with E-state index in [0.717, 1.165) is 17.0 Å². The van der Waals surface area contributed by atoms with Gasteiger partial charge in [0.1, 0.15) is 10.7 Å². The highest BCUT2D eigenvalue weighted by molar-refractivity contribution is 6.53. The number of alkyl halides is 3. The molecule has 1 heterocycles. The lowest BCUT2D eigenvalue weighted by molar-refractivity contribution is -0.137. The van der Waals surface area contributed by atoms with Gasteiger partial charge in [-0.25, -0.2) is 9.69 Å². The van der Waals surface area contributed by atoms with E-state index in [1.807, 2.05) is 6.92 Å². The normalized spacial score (nSPS) is 13.5. The molecule has 0 radical (unpaired) electrons. The van der Waals surface area contributed by atoms with E-state index in [2.05, 4.69) is 10.6 Å². The van der Waals surface area contributed by atoms with Gasteiger partial charge in [0, 0.05) is 16.9 Å². The van der Waals surface area contributed by atoms with E-state index in [-0.39, 0.29) is 34.8 Å². The molecule has 0 bridgehead atoms. The van der Waals surface area contributed by atoms with E-state index in [0.29, 0.717) is 12.1 Å². The van der Waals surface area contributed by atoms with Crippen LogP contribution < -0.4 is 15.5 Å². The molecule has 12 heteroatoms. The maximum Gasteiger partial charge on any atom is 0.416 e. The number of nitrogens with zero attached hydrogens (tertiary/aromatic N) is 1. The van der Waals surface area contributed by atoms with Crippen molar-refractivity contribution in [2.75, 3.05) is 22.1 Å². The summed E-state index contributed by atoms with van der Waals surface area (Å²) in [6, 6.07) is 15.8. The molecule has 1 aliphatic rings. The minimum absolute atomic E-state index is 0.00941. The van der Waals surface area contributed by atoms with Crippen LogP contribution >= 0.6 is 11.6 Å². The predicted octanol–water partition coefficient (Wildman–Crippen LogP) is 5.96. The van der Waals surface area contributed by atoms with Crippen molar-refractivity contribution < 1.29 is 37.1 Å². The first kappa shape index (κ1) is 28.4. The molecule has 40 heavy (non-hydrogen) atoms. The second kappa shape index (κ2) is 11.6. The Kier molecular flexibility index (Phi) is 8.24. The molecule has 0 spiro atoms. The Morgan fingerprint density at radius 3 is 2.30 bits per heavy atom. The number of para-hydroxylation sites is 1. The zero-order chi connectivity index (χ0) is 29.0. The fraction of sp³-hybridized carbons (Fsp3) is 0.143. The van der Waals surface area contributed by atoms with Crippen molar-refractivity contribution in [3.8, 4) is 0 Å². The SMILES string of the molecule is CCCOC(=O)c1ccccc1N1C(=O)C(Cl)=C(Nc2ccc(C(=O)Nc3cccc(C(F)(F)F)c3)cc2)C1=O. The third-order valence-electron chi connectivity index (χ3n) is 5.69. The minimum atomic E-state index is -4.56. The molecule has 1 aliphatic heterocycles. The summed E-state index contributed by atoms with van der Waals surface area (Å²) in [5.41, 5.74) is -0.743. The second-order valence-corrected chi connectivity index (χ2v) is 8.90. The highest BCUT2D eigenvalue weighted by Crippen LogP contribution is 2.33. The third kappa shape index (κ3) is 5.99. The van der Waals surface area contributed by atoms with Crippen LogP contribution in [0.5, 0.6) is 0 Å². The molecule has 3 aromatic rings. The molecule has 4 rings (SSSR count). The maximum absolute atomic E-state index is 13.2. The fourth-order valence-electron chi connectivity index (χ4n) is 3.77. The quantitative estimate of drug-likeness (QED) is 0.255. The monoisotopic (exact) mass is 571 g/mol. The van der Waals surface area contributed by atoms with Crippen LogP contribution in [0.3, 0.4) is 0 Å². The number of carbonyl (C=O) groups is 4. The summed E-state index contributed by atoms with van der Waals surface area (Å²) < 4.78 is 44.0. The molecule has 3 amide bonds. The molecular weight excluding hydrogens is 551 g/mol. The second-order valence-electron chi connectivity index (χ2n) is 8.52.